The van der Waals surface area contributed by atoms with Crippen LogP contribution in [0.3, 0.4) is 0 Å². The van der Waals surface area contributed by atoms with Crippen LogP contribution in [0.15, 0.2) is 11.9 Å². The second-order valence-electron chi connectivity index (χ2n) is 3.77. The van der Waals surface area contributed by atoms with Crippen LogP contribution in [0.4, 0.5) is 0 Å². The van der Waals surface area contributed by atoms with Crippen molar-refractivity contribution in [3.8, 4) is 0 Å². The van der Waals surface area contributed by atoms with E-state index in [9.17, 15) is 9.36 Å². The van der Waals surface area contributed by atoms with Crippen molar-refractivity contribution in [1.82, 2.24) is 0 Å². The Bertz CT molecular complexity index is 277. The van der Waals surface area contributed by atoms with Crippen molar-refractivity contribution in [3.05, 3.63) is 11.9 Å². The van der Waals surface area contributed by atoms with Gasteiger partial charge in [0.2, 0.25) is 5.24 Å². The molecule has 0 bridgehead atoms. The van der Waals surface area contributed by atoms with Gasteiger partial charge in [-0.2, -0.15) is 0 Å². The molecule has 94 valence electrons. The highest BCUT2D eigenvalue weighted by Gasteiger charge is 2.14. The predicted octanol–water partition coefficient (Wildman–Crippen LogP) is 5.14. The van der Waals surface area contributed by atoms with Gasteiger partial charge in [0, 0.05) is 12.6 Å². The molecular weight excluding hydrogens is 266 g/mol. The lowest BCUT2D eigenvalue weighted by Gasteiger charge is -2.02. The van der Waals surface area contributed by atoms with E-state index in [1.165, 1.54) is 19.3 Å². The minimum absolute atomic E-state index is 0.0719. The predicted molar refractivity (Wildman–Crippen MR) is 71.7 cm³/mol. The summed E-state index contributed by atoms with van der Waals surface area (Å²) in [5.41, 5.74) is 0. The fraction of sp³-hybridized carbons (Fsp3) is 0.727. The molecule has 0 aromatic heterocycles. The molecule has 2 nitrogen and oxygen atoms in total. The molecule has 0 radical (unpaired) electrons. The van der Waals surface area contributed by atoms with Crippen molar-refractivity contribution in [3.63, 3.8) is 0 Å². The van der Waals surface area contributed by atoms with Gasteiger partial charge in [0.15, 0.2) is 6.49 Å². The zero-order valence-electron chi connectivity index (χ0n) is 9.62. The van der Waals surface area contributed by atoms with Gasteiger partial charge in [-0.05, 0) is 41.5 Å². The Kier molecular flexibility index (Phi) is 9.40. The van der Waals surface area contributed by atoms with E-state index in [4.69, 9.17) is 22.8 Å². The Morgan fingerprint density at radius 3 is 2.56 bits per heavy atom. The first-order valence-electron chi connectivity index (χ1n) is 5.62. The monoisotopic (exact) mass is 284 g/mol. The Balaban J connectivity index is 3.74. The quantitative estimate of drug-likeness (QED) is 0.334. The maximum Gasteiger partial charge on any atom is 0.222 e. The van der Waals surface area contributed by atoms with Crippen LogP contribution < -0.4 is 0 Å². The first-order chi connectivity index (χ1) is 7.48. The number of allylic oxidation sites excluding steroid dienone is 1. The molecule has 0 heterocycles. The van der Waals surface area contributed by atoms with E-state index in [1.807, 2.05) is 6.08 Å². The second kappa shape index (κ2) is 9.27. The molecule has 0 N–H and O–H groups in total. The SMILES string of the molecule is CCCCCCC=CP(=O)(Cl)CCC(=O)Cl. The molecule has 1 unspecified atom stereocenters. The molecule has 1 atom stereocenters. The van der Waals surface area contributed by atoms with Crippen molar-refractivity contribution >= 4 is 34.6 Å². The summed E-state index contributed by atoms with van der Waals surface area (Å²) in [4.78, 5) is 10.5. The van der Waals surface area contributed by atoms with Gasteiger partial charge < -0.3 is 4.57 Å². The molecule has 5 heteroatoms. The van der Waals surface area contributed by atoms with Crippen LogP contribution in [0.1, 0.15) is 45.4 Å². The third-order valence-corrected chi connectivity index (χ3v) is 4.69. The van der Waals surface area contributed by atoms with Gasteiger partial charge in [-0.1, -0.05) is 32.3 Å². The Labute approximate surface area is 108 Å². The molecule has 0 saturated heterocycles. The van der Waals surface area contributed by atoms with Gasteiger partial charge in [0.1, 0.15) is 0 Å². The van der Waals surface area contributed by atoms with Crippen LogP contribution in [0.25, 0.3) is 0 Å². The fourth-order valence-electron chi connectivity index (χ4n) is 1.24. The fourth-order valence-corrected chi connectivity index (χ4v) is 3.08. The van der Waals surface area contributed by atoms with E-state index in [-0.39, 0.29) is 12.6 Å². The number of hydrogen-bond donors (Lipinski definition) is 0. The summed E-state index contributed by atoms with van der Waals surface area (Å²) in [6.45, 7) is -0.657. The van der Waals surface area contributed by atoms with E-state index in [2.05, 4.69) is 6.92 Å². The zero-order valence-corrected chi connectivity index (χ0v) is 12.0. The number of rotatable bonds is 9. The highest BCUT2D eigenvalue weighted by molar-refractivity contribution is 7.91. The number of halogens is 2. The minimum atomic E-state index is -2.82. The van der Waals surface area contributed by atoms with Crippen LogP contribution in [-0.2, 0) is 9.36 Å². The van der Waals surface area contributed by atoms with Crippen LogP contribution in [-0.4, -0.2) is 11.4 Å². The van der Waals surface area contributed by atoms with Gasteiger partial charge >= 0.3 is 0 Å². The lowest BCUT2D eigenvalue weighted by Crippen LogP contribution is -1.90. The molecule has 0 fully saturated rings. The molecule has 0 amide bonds. The molecule has 0 aromatic carbocycles. The van der Waals surface area contributed by atoms with Gasteiger partial charge in [-0.25, -0.2) is 0 Å². The average molecular weight is 285 g/mol. The molecule has 0 aromatic rings. The van der Waals surface area contributed by atoms with Crippen molar-refractivity contribution in [2.24, 2.45) is 0 Å². The summed E-state index contributed by atoms with van der Waals surface area (Å²) >= 11 is 10.9. The van der Waals surface area contributed by atoms with E-state index in [1.54, 1.807) is 5.82 Å². The summed E-state index contributed by atoms with van der Waals surface area (Å²) in [5.74, 6) is 1.54. The molecule has 0 rings (SSSR count). The van der Waals surface area contributed by atoms with Crippen LogP contribution >= 0.6 is 29.3 Å². The van der Waals surface area contributed by atoms with Gasteiger partial charge in [0.05, 0.1) is 0 Å². The van der Waals surface area contributed by atoms with Crippen molar-refractivity contribution in [1.29, 1.82) is 0 Å². The highest BCUT2D eigenvalue weighted by Crippen LogP contribution is 2.53. The average Bonchev–Trinajstić information content (AvgIpc) is 2.21. The zero-order chi connectivity index (χ0) is 12.4. The smallest absolute Gasteiger partial charge is 0.222 e. The number of unbranched alkanes of at least 4 members (excludes halogenated alkanes) is 4. The third-order valence-electron chi connectivity index (χ3n) is 2.17. The first-order valence-corrected chi connectivity index (χ1v) is 8.87. The minimum Gasteiger partial charge on any atom is -0.302 e. The van der Waals surface area contributed by atoms with Crippen LogP contribution in [0, 0.1) is 0 Å². The number of hydrogen-bond acceptors (Lipinski definition) is 2. The van der Waals surface area contributed by atoms with Crippen molar-refractivity contribution < 1.29 is 9.36 Å². The lowest BCUT2D eigenvalue weighted by atomic mass is 10.2. The van der Waals surface area contributed by atoms with Crippen LogP contribution in [0.2, 0.25) is 0 Å². The van der Waals surface area contributed by atoms with Crippen molar-refractivity contribution in [2.45, 2.75) is 45.4 Å². The van der Waals surface area contributed by atoms with Gasteiger partial charge in [-0.3, -0.25) is 4.79 Å². The van der Waals surface area contributed by atoms with E-state index >= 15 is 0 Å². The summed E-state index contributed by atoms with van der Waals surface area (Å²) in [6.07, 6.45) is 7.68. The Morgan fingerprint density at radius 1 is 1.31 bits per heavy atom. The summed E-state index contributed by atoms with van der Waals surface area (Å²) in [5, 5.41) is -0.489. The summed E-state index contributed by atoms with van der Waals surface area (Å²) < 4.78 is 11.7. The maximum atomic E-state index is 11.7. The molecule has 0 saturated carbocycles. The molecule has 0 aliphatic carbocycles. The van der Waals surface area contributed by atoms with Gasteiger partial charge in [-0.15, -0.1) is 0 Å². The van der Waals surface area contributed by atoms with E-state index in [0.717, 1.165) is 12.8 Å². The molecule has 16 heavy (non-hydrogen) atoms. The Hall–Kier alpha value is 0.220. The van der Waals surface area contributed by atoms with Crippen molar-refractivity contribution in [2.75, 3.05) is 6.16 Å². The normalized spacial score (nSPS) is 15.2. The molecule has 0 aliphatic heterocycles. The number of carbonyl (C=O) groups excluding carboxylic acids is 1. The molecular formula is C11H19Cl2O2P. The summed E-state index contributed by atoms with van der Waals surface area (Å²) in [7, 11) is 0. The van der Waals surface area contributed by atoms with Crippen LogP contribution in [0.5, 0.6) is 0 Å². The first kappa shape index (κ1) is 16.2. The largest absolute Gasteiger partial charge is 0.302 e. The van der Waals surface area contributed by atoms with E-state index < -0.39 is 11.7 Å². The van der Waals surface area contributed by atoms with Gasteiger partial charge in [0.25, 0.3) is 0 Å². The molecule has 0 aliphatic rings. The lowest BCUT2D eigenvalue weighted by molar-refractivity contribution is -0.111. The second-order valence-corrected chi connectivity index (χ2v) is 8.06. The summed E-state index contributed by atoms with van der Waals surface area (Å²) in [6, 6.07) is 0. The topological polar surface area (TPSA) is 34.1 Å². The maximum absolute atomic E-state index is 11.7. The van der Waals surface area contributed by atoms with E-state index in [0.29, 0.717) is 0 Å². The Morgan fingerprint density at radius 2 is 2.00 bits per heavy atom. The third kappa shape index (κ3) is 10.7. The standard InChI is InChI=1S/C11H19Cl2O2P/c1-2-3-4-5-6-7-9-16(13,15)10-8-11(12)14/h7,9H,2-6,8,10H2,1H3. The molecule has 0 spiro atoms. The highest BCUT2D eigenvalue weighted by atomic mass is 35.7. The number of carbonyl (C=O) groups is 1.